The van der Waals surface area contributed by atoms with E-state index >= 15 is 0 Å². The zero-order valence-electron chi connectivity index (χ0n) is 7.58. The molecule has 0 fully saturated rings. The molecule has 2 rings (SSSR count). The van der Waals surface area contributed by atoms with Gasteiger partial charge in [-0.15, -0.1) is 0 Å². The molecule has 0 aliphatic rings. The summed E-state index contributed by atoms with van der Waals surface area (Å²) in [7, 11) is 0. The lowest BCUT2D eigenvalue weighted by molar-refractivity contribution is -0.384. The van der Waals surface area contributed by atoms with Gasteiger partial charge in [0.1, 0.15) is 0 Å². The molecule has 0 aliphatic heterocycles. The molecule has 0 unspecified atom stereocenters. The number of aromatic nitrogens is 1. The second-order valence-corrected chi connectivity index (χ2v) is 2.87. The van der Waals surface area contributed by atoms with Gasteiger partial charge in [0.25, 0.3) is 5.69 Å². The van der Waals surface area contributed by atoms with E-state index in [-0.39, 0.29) is 11.5 Å². The fourth-order valence-corrected chi connectivity index (χ4v) is 1.21. The molecule has 1 aromatic carbocycles. The average Bonchev–Trinajstić information content (AvgIpc) is 2.65. The van der Waals surface area contributed by atoms with Crippen molar-refractivity contribution in [1.29, 1.82) is 0 Å². The molecule has 76 valence electrons. The number of anilines is 1. The van der Waals surface area contributed by atoms with Gasteiger partial charge in [0, 0.05) is 17.7 Å². The quantitative estimate of drug-likeness (QED) is 0.596. The van der Waals surface area contributed by atoms with Crippen LogP contribution >= 0.6 is 0 Å². The zero-order chi connectivity index (χ0) is 10.8. The minimum absolute atomic E-state index is 0.0248. The van der Waals surface area contributed by atoms with E-state index in [1.54, 1.807) is 12.1 Å². The molecule has 0 amide bonds. The van der Waals surface area contributed by atoms with Crippen molar-refractivity contribution in [3.05, 3.63) is 40.8 Å². The van der Waals surface area contributed by atoms with Crippen molar-refractivity contribution in [2.24, 2.45) is 0 Å². The summed E-state index contributed by atoms with van der Waals surface area (Å²) in [5.41, 5.74) is 6.22. The number of nitro groups is 1. The number of nitrogens with zero attached hydrogens (tertiary/aromatic N) is 2. The third-order valence-electron chi connectivity index (χ3n) is 1.94. The van der Waals surface area contributed by atoms with E-state index in [9.17, 15) is 10.1 Å². The van der Waals surface area contributed by atoms with Crippen molar-refractivity contribution in [1.82, 2.24) is 4.98 Å². The van der Waals surface area contributed by atoms with Crippen LogP contribution in [-0.4, -0.2) is 9.91 Å². The predicted molar refractivity (Wildman–Crippen MR) is 53.0 cm³/mol. The standard InChI is InChI=1S/C9H7N3O3/c10-9-8(15-5-11-9)6-1-3-7(4-2-6)12(13)14/h1-5H,10H2. The first-order valence-corrected chi connectivity index (χ1v) is 4.12. The highest BCUT2D eigenvalue weighted by Gasteiger charge is 2.10. The monoisotopic (exact) mass is 205 g/mol. The lowest BCUT2D eigenvalue weighted by Gasteiger charge is -1.96. The van der Waals surface area contributed by atoms with Gasteiger partial charge in [0.05, 0.1) is 4.92 Å². The van der Waals surface area contributed by atoms with E-state index in [1.165, 1.54) is 18.5 Å². The number of non-ortho nitro benzene ring substituents is 1. The lowest BCUT2D eigenvalue weighted by atomic mass is 10.1. The Morgan fingerprint density at radius 3 is 2.47 bits per heavy atom. The van der Waals surface area contributed by atoms with Crippen LogP contribution in [0.1, 0.15) is 0 Å². The normalized spacial score (nSPS) is 10.1. The highest BCUT2D eigenvalue weighted by atomic mass is 16.6. The largest absolute Gasteiger partial charge is 0.441 e. The number of oxazole rings is 1. The molecule has 0 saturated heterocycles. The number of nitrogen functional groups attached to an aromatic ring is 1. The second kappa shape index (κ2) is 3.41. The number of benzene rings is 1. The van der Waals surface area contributed by atoms with Crippen molar-refractivity contribution >= 4 is 11.5 Å². The van der Waals surface area contributed by atoms with Crippen LogP contribution in [0.5, 0.6) is 0 Å². The predicted octanol–water partition coefficient (Wildman–Crippen LogP) is 1.83. The molecule has 0 spiro atoms. The van der Waals surface area contributed by atoms with Gasteiger partial charge in [0.2, 0.25) is 0 Å². The molecule has 0 atom stereocenters. The van der Waals surface area contributed by atoms with Crippen molar-refractivity contribution < 1.29 is 9.34 Å². The SMILES string of the molecule is Nc1ncoc1-c1ccc([N+](=O)[O-])cc1. The molecule has 15 heavy (non-hydrogen) atoms. The van der Waals surface area contributed by atoms with Gasteiger partial charge >= 0.3 is 0 Å². The van der Waals surface area contributed by atoms with Gasteiger partial charge in [-0.1, -0.05) is 0 Å². The molecule has 0 bridgehead atoms. The summed E-state index contributed by atoms with van der Waals surface area (Å²) >= 11 is 0. The molecule has 1 heterocycles. The Kier molecular flexibility index (Phi) is 2.09. The molecule has 1 aromatic heterocycles. The van der Waals surface area contributed by atoms with Crippen LogP contribution in [0.3, 0.4) is 0 Å². The van der Waals surface area contributed by atoms with Gasteiger partial charge in [-0.25, -0.2) is 0 Å². The first kappa shape index (κ1) is 9.20. The summed E-state index contributed by atoms with van der Waals surface area (Å²) in [6.45, 7) is 0. The molecule has 0 radical (unpaired) electrons. The molecule has 0 saturated carbocycles. The Balaban J connectivity index is 2.40. The third kappa shape index (κ3) is 1.64. The number of nitro benzene ring substituents is 1. The first-order chi connectivity index (χ1) is 7.18. The van der Waals surface area contributed by atoms with Crippen LogP contribution < -0.4 is 5.73 Å². The molecule has 0 aliphatic carbocycles. The van der Waals surface area contributed by atoms with Gasteiger partial charge < -0.3 is 10.2 Å². The van der Waals surface area contributed by atoms with Crippen molar-refractivity contribution in [3.8, 4) is 11.3 Å². The molecule has 6 heteroatoms. The molecule has 6 nitrogen and oxygen atoms in total. The minimum Gasteiger partial charge on any atom is -0.441 e. The van der Waals surface area contributed by atoms with E-state index in [4.69, 9.17) is 10.2 Å². The maximum absolute atomic E-state index is 10.4. The smallest absolute Gasteiger partial charge is 0.269 e. The maximum Gasteiger partial charge on any atom is 0.269 e. The van der Waals surface area contributed by atoms with Crippen molar-refractivity contribution in [3.63, 3.8) is 0 Å². The average molecular weight is 205 g/mol. The Hall–Kier alpha value is -2.37. The molecular formula is C9H7N3O3. The van der Waals surface area contributed by atoms with Crippen LogP contribution in [-0.2, 0) is 0 Å². The summed E-state index contributed by atoms with van der Waals surface area (Å²) < 4.78 is 5.04. The Labute approximate surface area is 84.5 Å². The summed E-state index contributed by atoms with van der Waals surface area (Å²) in [5, 5.41) is 10.4. The van der Waals surface area contributed by atoms with Gasteiger partial charge in [-0.3, -0.25) is 10.1 Å². The van der Waals surface area contributed by atoms with Crippen LogP contribution in [0.15, 0.2) is 35.1 Å². The van der Waals surface area contributed by atoms with Crippen LogP contribution in [0, 0.1) is 10.1 Å². The summed E-state index contributed by atoms with van der Waals surface area (Å²) in [4.78, 5) is 13.7. The van der Waals surface area contributed by atoms with Crippen molar-refractivity contribution in [2.75, 3.05) is 5.73 Å². The van der Waals surface area contributed by atoms with E-state index < -0.39 is 4.92 Å². The van der Waals surface area contributed by atoms with Crippen LogP contribution in [0.25, 0.3) is 11.3 Å². The summed E-state index contributed by atoms with van der Waals surface area (Å²) in [5.74, 6) is 0.689. The third-order valence-corrected chi connectivity index (χ3v) is 1.94. The number of nitrogens with two attached hydrogens (primary N) is 1. The number of rotatable bonds is 2. The summed E-state index contributed by atoms with van der Waals surface area (Å²) in [6.07, 6.45) is 1.23. The molecule has 2 N–H and O–H groups in total. The molecular weight excluding hydrogens is 198 g/mol. The maximum atomic E-state index is 10.4. The summed E-state index contributed by atoms with van der Waals surface area (Å²) in [6, 6.07) is 5.90. The van der Waals surface area contributed by atoms with E-state index in [0.717, 1.165) is 0 Å². The highest BCUT2D eigenvalue weighted by molar-refractivity contribution is 5.68. The number of hydrogen-bond acceptors (Lipinski definition) is 5. The Morgan fingerprint density at radius 2 is 2.00 bits per heavy atom. The fourth-order valence-electron chi connectivity index (χ4n) is 1.21. The van der Waals surface area contributed by atoms with Gasteiger partial charge in [-0.2, -0.15) is 4.98 Å². The molecule has 2 aromatic rings. The topological polar surface area (TPSA) is 95.2 Å². The number of hydrogen-bond donors (Lipinski definition) is 1. The first-order valence-electron chi connectivity index (χ1n) is 4.12. The van der Waals surface area contributed by atoms with Crippen LogP contribution in [0.2, 0.25) is 0 Å². The fraction of sp³-hybridized carbons (Fsp3) is 0. The lowest BCUT2D eigenvalue weighted by Crippen LogP contribution is -1.89. The van der Waals surface area contributed by atoms with Crippen molar-refractivity contribution in [2.45, 2.75) is 0 Å². The highest BCUT2D eigenvalue weighted by Crippen LogP contribution is 2.26. The Morgan fingerprint density at radius 1 is 1.33 bits per heavy atom. The second-order valence-electron chi connectivity index (χ2n) is 2.87. The van der Waals surface area contributed by atoms with Gasteiger partial charge in [0.15, 0.2) is 18.0 Å². The van der Waals surface area contributed by atoms with E-state index in [2.05, 4.69) is 4.98 Å². The van der Waals surface area contributed by atoms with Crippen LogP contribution in [0.4, 0.5) is 11.5 Å². The van der Waals surface area contributed by atoms with Gasteiger partial charge in [-0.05, 0) is 12.1 Å². The Bertz CT molecular complexity index is 490. The van der Waals surface area contributed by atoms with E-state index in [1.807, 2.05) is 0 Å². The zero-order valence-corrected chi connectivity index (χ0v) is 7.58. The minimum atomic E-state index is -0.465. The van der Waals surface area contributed by atoms with E-state index in [0.29, 0.717) is 11.3 Å².